The molecule has 0 fully saturated rings. The van der Waals surface area contributed by atoms with Crippen molar-refractivity contribution in [3.05, 3.63) is 51.7 Å². The molecule has 2 rings (SSSR count). The molecule has 3 N–H and O–H groups in total. The van der Waals surface area contributed by atoms with E-state index in [1.165, 1.54) is 11.3 Å². The summed E-state index contributed by atoms with van der Waals surface area (Å²) in [7, 11) is 1.58. The number of carbonyl (C=O) groups excluding carboxylic acids is 3. The standard InChI is InChI=1S/C19H23N3O4S/c1-12-6-7-15(26-3)14(9-12)13(2)22-18(24)11-20-17(23)10-21-19(25)16-5-4-8-27-16/h4-9,13H,10-11H2,1-3H3,(H,20,23)(H,21,25)(H,22,24)/t13-/m0/s1. The van der Waals surface area contributed by atoms with Gasteiger partial charge in [-0.1, -0.05) is 23.8 Å². The van der Waals surface area contributed by atoms with E-state index in [0.29, 0.717) is 10.6 Å². The van der Waals surface area contributed by atoms with Crippen molar-refractivity contribution in [1.29, 1.82) is 0 Å². The van der Waals surface area contributed by atoms with E-state index in [4.69, 9.17) is 4.74 Å². The second-order valence-electron chi connectivity index (χ2n) is 5.97. The fraction of sp³-hybridized carbons (Fsp3) is 0.316. The third-order valence-electron chi connectivity index (χ3n) is 3.83. The first-order valence-corrected chi connectivity index (χ1v) is 9.31. The van der Waals surface area contributed by atoms with Crippen LogP contribution in [0.5, 0.6) is 5.75 Å². The maximum absolute atomic E-state index is 12.1. The third-order valence-corrected chi connectivity index (χ3v) is 4.70. The summed E-state index contributed by atoms with van der Waals surface area (Å²) < 4.78 is 5.33. The van der Waals surface area contributed by atoms with Crippen molar-refractivity contribution in [1.82, 2.24) is 16.0 Å². The smallest absolute Gasteiger partial charge is 0.261 e. The molecule has 0 saturated heterocycles. The molecule has 1 aromatic carbocycles. The van der Waals surface area contributed by atoms with Gasteiger partial charge in [-0.3, -0.25) is 14.4 Å². The molecule has 1 heterocycles. The van der Waals surface area contributed by atoms with Gasteiger partial charge in [0.25, 0.3) is 5.91 Å². The van der Waals surface area contributed by atoms with Crippen LogP contribution in [-0.2, 0) is 9.59 Å². The summed E-state index contributed by atoms with van der Waals surface area (Å²) in [6.07, 6.45) is 0. The topological polar surface area (TPSA) is 96.5 Å². The Bertz CT molecular complexity index is 805. The van der Waals surface area contributed by atoms with Crippen LogP contribution in [0.4, 0.5) is 0 Å². The average Bonchev–Trinajstić information content (AvgIpc) is 3.19. The number of hydrogen-bond acceptors (Lipinski definition) is 5. The fourth-order valence-electron chi connectivity index (χ4n) is 2.46. The van der Waals surface area contributed by atoms with Crippen LogP contribution in [0.25, 0.3) is 0 Å². The molecule has 0 aliphatic carbocycles. The van der Waals surface area contributed by atoms with Gasteiger partial charge in [0.05, 0.1) is 31.1 Å². The van der Waals surface area contributed by atoms with E-state index < -0.39 is 5.91 Å². The summed E-state index contributed by atoms with van der Waals surface area (Å²) in [6.45, 7) is 3.44. The molecular weight excluding hydrogens is 366 g/mol. The predicted octanol–water partition coefficient (Wildman–Crippen LogP) is 1.79. The number of nitrogens with one attached hydrogen (secondary N) is 3. The molecule has 8 heteroatoms. The average molecular weight is 389 g/mol. The molecule has 144 valence electrons. The molecule has 0 aliphatic heterocycles. The molecule has 0 unspecified atom stereocenters. The lowest BCUT2D eigenvalue weighted by atomic mass is 10.0. The van der Waals surface area contributed by atoms with Crippen LogP contribution in [0.15, 0.2) is 35.7 Å². The number of hydrogen-bond donors (Lipinski definition) is 3. The van der Waals surface area contributed by atoms with E-state index in [9.17, 15) is 14.4 Å². The number of amides is 3. The number of aryl methyl sites for hydroxylation is 1. The zero-order valence-corrected chi connectivity index (χ0v) is 16.3. The molecule has 0 saturated carbocycles. The van der Waals surface area contributed by atoms with Gasteiger partial charge in [0.2, 0.25) is 11.8 Å². The Morgan fingerprint density at radius 2 is 1.85 bits per heavy atom. The van der Waals surface area contributed by atoms with Crippen molar-refractivity contribution in [2.75, 3.05) is 20.2 Å². The molecular formula is C19H23N3O4S. The van der Waals surface area contributed by atoms with Gasteiger partial charge in [-0.25, -0.2) is 0 Å². The van der Waals surface area contributed by atoms with Gasteiger partial charge in [-0.2, -0.15) is 0 Å². The van der Waals surface area contributed by atoms with E-state index in [1.54, 1.807) is 24.6 Å². The molecule has 27 heavy (non-hydrogen) atoms. The molecule has 1 aromatic heterocycles. The first-order valence-electron chi connectivity index (χ1n) is 8.43. The van der Waals surface area contributed by atoms with Gasteiger partial charge in [0.15, 0.2) is 0 Å². The molecule has 0 spiro atoms. The summed E-state index contributed by atoms with van der Waals surface area (Å²) in [5.74, 6) is -0.390. The maximum atomic E-state index is 12.1. The monoisotopic (exact) mass is 389 g/mol. The third kappa shape index (κ3) is 6.10. The highest BCUT2D eigenvalue weighted by atomic mass is 32.1. The molecule has 0 aliphatic rings. The largest absolute Gasteiger partial charge is 0.496 e. The summed E-state index contributed by atoms with van der Waals surface area (Å²) in [4.78, 5) is 36.2. The lowest BCUT2D eigenvalue weighted by Crippen LogP contribution is -2.42. The van der Waals surface area contributed by atoms with Crippen LogP contribution < -0.4 is 20.7 Å². The summed E-state index contributed by atoms with van der Waals surface area (Å²) in [5.41, 5.74) is 1.92. The normalized spacial score (nSPS) is 11.4. The number of carbonyl (C=O) groups is 3. The van der Waals surface area contributed by atoms with E-state index in [-0.39, 0.29) is 30.9 Å². The van der Waals surface area contributed by atoms with Crippen LogP contribution in [0, 0.1) is 6.92 Å². The number of benzene rings is 1. The van der Waals surface area contributed by atoms with Crippen molar-refractivity contribution in [2.45, 2.75) is 19.9 Å². The van der Waals surface area contributed by atoms with Gasteiger partial charge in [0, 0.05) is 5.56 Å². The van der Waals surface area contributed by atoms with Gasteiger partial charge in [-0.15, -0.1) is 11.3 Å². The van der Waals surface area contributed by atoms with Crippen LogP contribution in [-0.4, -0.2) is 37.9 Å². The minimum atomic E-state index is -0.434. The Morgan fingerprint density at radius 3 is 2.52 bits per heavy atom. The van der Waals surface area contributed by atoms with E-state index in [1.807, 2.05) is 32.0 Å². The Hall–Kier alpha value is -2.87. The molecule has 3 amide bonds. The number of rotatable bonds is 8. The first-order chi connectivity index (χ1) is 12.9. The Morgan fingerprint density at radius 1 is 1.11 bits per heavy atom. The SMILES string of the molecule is COc1ccc(C)cc1[C@H](C)NC(=O)CNC(=O)CNC(=O)c1cccs1. The molecule has 1 atom stereocenters. The van der Waals surface area contributed by atoms with E-state index in [2.05, 4.69) is 16.0 Å². The minimum Gasteiger partial charge on any atom is -0.496 e. The molecule has 0 radical (unpaired) electrons. The molecule has 7 nitrogen and oxygen atoms in total. The van der Waals surface area contributed by atoms with Crippen LogP contribution in [0.2, 0.25) is 0 Å². The van der Waals surface area contributed by atoms with Gasteiger partial charge in [0.1, 0.15) is 5.75 Å². The first kappa shape index (κ1) is 20.4. The fourth-order valence-corrected chi connectivity index (χ4v) is 3.10. The van der Waals surface area contributed by atoms with Crippen molar-refractivity contribution in [3.63, 3.8) is 0 Å². The van der Waals surface area contributed by atoms with Crippen LogP contribution in [0.3, 0.4) is 0 Å². The van der Waals surface area contributed by atoms with Crippen molar-refractivity contribution in [3.8, 4) is 5.75 Å². The summed E-state index contributed by atoms with van der Waals surface area (Å²) in [6, 6.07) is 8.89. The van der Waals surface area contributed by atoms with Crippen molar-refractivity contribution in [2.24, 2.45) is 0 Å². The lowest BCUT2D eigenvalue weighted by molar-refractivity contribution is -0.125. The van der Waals surface area contributed by atoms with E-state index >= 15 is 0 Å². The lowest BCUT2D eigenvalue weighted by Gasteiger charge is -2.18. The highest BCUT2D eigenvalue weighted by Gasteiger charge is 2.15. The van der Waals surface area contributed by atoms with Crippen molar-refractivity contribution < 1.29 is 19.1 Å². The Kier molecular flexibility index (Phi) is 7.36. The number of methoxy groups -OCH3 is 1. The number of thiophene rings is 1. The van der Waals surface area contributed by atoms with Crippen LogP contribution >= 0.6 is 11.3 Å². The zero-order chi connectivity index (χ0) is 19.8. The zero-order valence-electron chi connectivity index (χ0n) is 15.5. The maximum Gasteiger partial charge on any atom is 0.261 e. The van der Waals surface area contributed by atoms with Crippen LogP contribution in [0.1, 0.15) is 33.8 Å². The summed E-state index contributed by atoms with van der Waals surface area (Å²) >= 11 is 1.29. The highest BCUT2D eigenvalue weighted by molar-refractivity contribution is 7.12. The second kappa shape index (κ2) is 9.72. The minimum absolute atomic E-state index is 0.174. The van der Waals surface area contributed by atoms with Crippen molar-refractivity contribution >= 4 is 29.1 Å². The summed E-state index contributed by atoms with van der Waals surface area (Å²) in [5, 5.41) is 9.60. The van der Waals surface area contributed by atoms with E-state index in [0.717, 1.165) is 11.1 Å². The van der Waals surface area contributed by atoms with Gasteiger partial charge in [-0.05, 0) is 31.4 Å². The van der Waals surface area contributed by atoms with Gasteiger partial charge < -0.3 is 20.7 Å². The molecule has 0 bridgehead atoms. The number of ether oxygens (including phenoxy) is 1. The Balaban J connectivity index is 1.77. The predicted molar refractivity (Wildman–Crippen MR) is 104 cm³/mol. The second-order valence-corrected chi connectivity index (χ2v) is 6.92. The Labute approximate surface area is 162 Å². The van der Waals surface area contributed by atoms with Gasteiger partial charge >= 0.3 is 0 Å². The molecule has 2 aromatic rings. The highest BCUT2D eigenvalue weighted by Crippen LogP contribution is 2.25. The quantitative estimate of drug-likeness (QED) is 0.641.